The van der Waals surface area contributed by atoms with Crippen molar-refractivity contribution < 1.29 is 0 Å². The van der Waals surface area contributed by atoms with Crippen LogP contribution in [0.1, 0.15) is 0 Å². The van der Waals surface area contributed by atoms with Gasteiger partial charge in [-0.05, 0) is 99.1 Å². The molecule has 0 N–H and O–H groups in total. The third-order valence-electron chi connectivity index (χ3n) is 11.4. The summed E-state index contributed by atoms with van der Waals surface area (Å²) in [5, 5.41) is 7.59. The van der Waals surface area contributed by atoms with Gasteiger partial charge in [0.1, 0.15) is 0 Å². The van der Waals surface area contributed by atoms with Gasteiger partial charge in [-0.1, -0.05) is 170 Å². The number of nitrogens with zero attached hydrogens (tertiary/aromatic N) is 2. The molecule has 0 aliphatic rings. The van der Waals surface area contributed by atoms with Crippen LogP contribution in [0.15, 0.2) is 231 Å². The van der Waals surface area contributed by atoms with Crippen molar-refractivity contribution in [2.24, 2.45) is 0 Å². The Morgan fingerprint density at radius 2 is 0.729 bits per heavy atom. The first kappa shape index (κ1) is 34.8. The number of hydrogen-bond acceptors (Lipinski definition) is 3. The van der Waals surface area contributed by atoms with Crippen LogP contribution < -0.4 is 9.80 Å². The topological polar surface area (TPSA) is 6.48 Å². The predicted octanol–water partition coefficient (Wildman–Crippen LogP) is 16.6. The first-order chi connectivity index (χ1) is 29.3. The van der Waals surface area contributed by atoms with Crippen LogP contribution in [0.5, 0.6) is 0 Å². The molecule has 0 bridgehead atoms. The van der Waals surface area contributed by atoms with Gasteiger partial charge >= 0.3 is 0 Å². The van der Waals surface area contributed by atoms with Crippen LogP contribution in [0, 0.1) is 0 Å². The fourth-order valence-electron chi connectivity index (χ4n) is 8.58. The Balaban J connectivity index is 1.20. The normalized spacial score (nSPS) is 11.4. The zero-order valence-corrected chi connectivity index (χ0v) is 33.1. The first-order valence-corrected chi connectivity index (χ1v) is 20.9. The highest BCUT2D eigenvalue weighted by Gasteiger charge is 2.24. The van der Waals surface area contributed by atoms with Gasteiger partial charge in [0.15, 0.2) is 0 Å². The summed E-state index contributed by atoms with van der Waals surface area (Å²) >= 11 is 1.90. The Bertz CT molecular complexity index is 3230. The molecule has 0 atom stereocenters. The van der Waals surface area contributed by atoms with E-state index in [4.69, 9.17) is 0 Å². The number of hydrogen-bond donors (Lipinski definition) is 0. The number of benzene rings is 10. The van der Waals surface area contributed by atoms with Gasteiger partial charge in [-0.15, -0.1) is 11.3 Å². The van der Waals surface area contributed by atoms with Crippen LogP contribution >= 0.6 is 11.3 Å². The average Bonchev–Trinajstić information content (AvgIpc) is 3.70. The molecular formula is C56H38N2S. The molecule has 0 radical (unpaired) electrons. The molecule has 59 heavy (non-hydrogen) atoms. The van der Waals surface area contributed by atoms with E-state index in [1.54, 1.807) is 0 Å². The highest BCUT2D eigenvalue weighted by molar-refractivity contribution is 7.27. The SMILES string of the molecule is c1ccc(-c2ccc(N(c3ccccc3)c3cc(N(c4ccccc4)c4ccc(-c5ccccc5)cc4)c4sc5c(ccc6ccc7ccccc7c65)c4c3)cc2)cc1. The van der Waals surface area contributed by atoms with Crippen molar-refractivity contribution in [3.05, 3.63) is 231 Å². The van der Waals surface area contributed by atoms with Crippen LogP contribution in [0.4, 0.5) is 34.1 Å². The largest absolute Gasteiger partial charge is 0.310 e. The summed E-state index contributed by atoms with van der Waals surface area (Å²) < 4.78 is 2.55. The van der Waals surface area contributed by atoms with Gasteiger partial charge in [0.2, 0.25) is 0 Å². The molecule has 10 aromatic carbocycles. The molecule has 1 heterocycles. The average molecular weight is 771 g/mol. The lowest BCUT2D eigenvalue weighted by Crippen LogP contribution is -2.13. The van der Waals surface area contributed by atoms with Crippen LogP contribution in [-0.2, 0) is 0 Å². The molecule has 2 nitrogen and oxygen atoms in total. The highest BCUT2D eigenvalue weighted by atomic mass is 32.1. The molecule has 11 rings (SSSR count). The second-order valence-corrected chi connectivity index (χ2v) is 16.0. The Morgan fingerprint density at radius 1 is 0.271 bits per heavy atom. The Labute approximate surface area is 348 Å². The van der Waals surface area contributed by atoms with E-state index < -0.39 is 0 Å². The molecule has 3 heteroatoms. The van der Waals surface area contributed by atoms with E-state index in [2.05, 4.69) is 240 Å². The molecule has 11 aromatic rings. The molecular weight excluding hydrogens is 733 g/mol. The number of anilines is 6. The first-order valence-electron chi connectivity index (χ1n) is 20.1. The summed E-state index contributed by atoms with van der Waals surface area (Å²) in [6.45, 7) is 0. The summed E-state index contributed by atoms with van der Waals surface area (Å²) in [4.78, 5) is 4.84. The van der Waals surface area contributed by atoms with Crippen molar-refractivity contribution in [1.29, 1.82) is 0 Å². The van der Waals surface area contributed by atoms with Gasteiger partial charge in [0, 0.05) is 49.3 Å². The van der Waals surface area contributed by atoms with Gasteiger partial charge in [-0.25, -0.2) is 0 Å². The fraction of sp³-hybridized carbons (Fsp3) is 0. The minimum Gasteiger partial charge on any atom is -0.310 e. The molecule has 0 amide bonds. The Hall–Kier alpha value is -7.46. The maximum atomic E-state index is 2.44. The van der Waals surface area contributed by atoms with E-state index in [-0.39, 0.29) is 0 Å². The Morgan fingerprint density at radius 3 is 1.34 bits per heavy atom. The molecule has 0 fully saturated rings. The number of thiophene rings is 1. The van der Waals surface area contributed by atoms with Crippen molar-refractivity contribution in [1.82, 2.24) is 0 Å². The number of rotatable bonds is 8. The third kappa shape index (κ3) is 6.29. The smallest absolute Gasteiger partial charge is 0.0661 e. The lowest BCUT2D eigenvalue weighted by atomic mass is 9.99. The molecule has 0 aliphatic carbocycles. The zero-order valence-electron chi connectivity index (χ0n) is 32.2. The zero-order chi connectivity index (χ0) is 39.1. The van der Waals surface area contributed by atoms with Crippen LogP contribution in [0.3, 0.4) is 0 Å². The molecule has 0 unspecified atom stereocenters. The molecule has 0 saturated heterocycles. The maximum absolute atomic E-state index is 2.44. The van der Waals surface area contributed by atoms with E-state index in [0.717, 1.165) is 34.1 Å². The molecule has 278 valence electrons. The summed E-state index contributed by atoms with van der Waals surface area (Å²) in [7, 11) is 0. The fourth-order valence-corrected chi connectivity index (χ4v) is 9.94. The van der Waals surface area contributed by atoms with Crippen molar-refractivity contribution in [3.63, 3.8) is 0 Å². The molecule has 0 spiro atoms. The van der Waals surface area contributed by atoms with Crippen molar-refractivity contribution in [2.75, 3.05) is 9.80 Å². The van der Waals surface area contributed by atoms with Crippen LogP contribution in [-0.4, -0.2) is 0 Å². The van der Waals surface area contributed by atoms with Crippen molar-refractivity contribution in [2.45, 2.75) is 0 Å². The van der Waals surface area contributed by atoms with E-state index in [1.165, 1.54) is 64.0 Å². The number of para-hydroxylation sites is 2. The van der Waals surface area contributed by atoms with Crippen molar-refractivity contribution >= 4 is 87.2 Å². The van der Waals surface area contributed by atoms with Crippen LogP contribution in [0.2, 0.25) is 0 Å². The minimum atomic E-state index is 1.09. The standard InChI is InChI=1S/C56H38N2S/c1-5-15-39(16-6-1)41-27-32-47(33-28-41)57(45-20-9-3-10-21-45)49-37-52-51-36-31-44-26-25-43-19-13-14-24-50(43)54(44)56(51)59-55(52)53(38-49)58(46-22-11-4-12-23-46)48-34-29-42(30-35-48)40-17-7-2-8-18-40/h1-38H. The summed E-state index contributed by atoms with van der Waals surface area (Å²) in [6.07, 6.45) is 0. The summed E-state index contributed by atoms with van der Waals surface area (Å²) in [5.74, 6) is 0. The van der Waals surface area contributed by atoms with Crippen LogP contribution in [0.25, 0.3) is 64.0 Å². The highest BCUT2D eigenvalue weighted by Crippen LogP contribution is 2.51. The van der Waals surface area contributed by atoms with Gasteiger partial charge < -0.3 is 9.80 Å². The third-order valence-corrected chi connectivity index (χ3v) is 12.7. The second kappa shape index (κ2) is 14.8. The van der Waals surface area contributed by atoms with Crippen molar-refractivity contribution in [3.8, 4) is 22.3 Å². The second-order valence-electron chi connectivity index (χ2n) is 14.9. The maximum Gasteiger partial charge on any atom is 0.0661 e. The van der Waals surface area contributed by atoms with Gasteiger partial charge in [-0.2, -0.15) is 0 Å². The minimum absolute atomic E-state index is 1.09. The monoisotopic (exact) mass is 770 g/mol. The Kier molecular flexibility index (Phi) is 8.72. The van der Waals surface area contributed by atoms with E-state index in [9.17, 15) is 0 Å². The summed E-state index contributed by atoms with van der Waals surface area (Å²) in [5.41, 5.74) is 11.4. The molecule has 0 aliphatic heterocycles. The van der Waals surface area contributed by atoms with Gasteiger partial charge in [0.05, 0.1) is 10.4 Å². The lowest BCUT2D eigenvalue weighted by molar-refractivity contribution is 1.26. The van der Waals surface area contributed by atoms with E-state index in [1.807, 2.05) is 11.3 Å². The van der Waals surface area contributed by atoms with E-state index >= 15 is 0 Å². The van der Waals surface area contributed by atoms with E-state index in [0.29, 0.717) is 0 Å². The van der Waals surface area contributed by atoms with Gasteiger partial charge in [0.25, 0.3) is 0 Å². The molecule has 1 aromatic heterocycles. The quantitative estimate of drug-likeness (QED) is 0.142. The number of fused-ring (bicyclic) bond motifs is 7. The lowest BCUT2D eigenvalue weighted by Gasteiger charge is -2.30. The van der Waals surface area contributed by atoms with Gasteiger partial charge in [-0.3, -0.25) is 0 Å². The predicted molar refractivity (Wildman–Crippen MR) is 255 cm³/mol. The molecule has 0 saturated carbocycles. The summed E-state index contributed by atoms with van der Waals surface area (Å²) in [6, 6.07) is 83.5.